The monoisotopic (exact) mass is 646 g/mol. The topological polar surface area (TPSA) is 27.7 Å². The van der Waals surface area contributed by atoms with Gasteiger partial charge < -0.3 is 0 Å². The predicted octanol–water partition coefficient (Wildman–Crippen LogP) is 8.11. The van der Waals surface area contributed by atoms with Crippen LogP contribution in [-0.4, -0.2) is 66.5 Å². The second kappa shape index (κ2) is 9.68. The van der Waals surface area contributed by atoms with Gasteiger partial charge >= 0.3 is 66.5 Å². The van der Waals surface area contributed by atoms with Crippen LogP contribution in [0.3, 0.4) is 0 Å². The average Bonchev–Trinajstić information content (AvgIpc) is 2.62. The summed E-state index contributed by atoms with van der Waals surface area (Å²) in [5, 5.41) is 0. The molecule has 0 N–H and O–H groups in total. The maximum Gasteiger partial charge on any atom is 0.462 e. The van der Waals surface area contributed by atoms with E-state index in [-0.39, 0.29) is 6.92 Å². The maximum absolute atomic E-state index is 14.1. The molecule has 0 bridgehead atoms. The summed E-state index contributed by atoms with van der Waals surface area (Å²) in [6, 6.07) is 0. The zero-order valence-corrected chi connectivity index (χ0v) is 17.1. The van der Waals surface area contributed by atoms with E-state index in [1.807, 2.05) is 4.74 Å². The molecule has 0 amide bonds. The number of rotatable bonds is 10. The fourth-order valence-corrected chi connectivity index (χ4v) is 1.81. The van der Waals surface area contributed by atoms with Gasteiger partial charge in [-0.25, -0.2) is 4.39 Å². The first-order valence-electron chi connectivity index (χ1n) is 8.38. The lowest BCUT2D eigenvalue weighted by atomic mass is 10.2. The Hall–Kier alpha value is -1.73. The molecule has 0 spiro atoms. The maximum atomic E-state index is 14.1. The van der Waals surface area contributed by atoms with Crippen LogP contribution in [0.4, 0.5) is 101 Å². The van der Waals surface area contributed by atoms with E-state index in [9.17, 15) is 101 Å². The van der Waals surface area contributed by atoms with Crippen LogP contribution in [0.25, 0.3) is 0 Å². The predicted molar refractivity (Wildman–Crippen MR) is 69.1 cm³/mol. The molecule has 39 heavy (non-hydrogen) atoms. The average molecular weight is 646 g/mol. The van der Waals surface area contributed by atoms with Crippen LogP contribution in [0.1, 0.15) is 13.3 Å². The molecular formula is C13H5F23O3. The molecule has 0 aromatic rings. The smallest absolute Gasteiger partial charge is 0.270 e. The molecule has 0 radical (unpaired) electrons. The van der Waals surface area contributed by atoms with Gasteiger partial charge in [-0.15, -0.1) is 0 Å². The van der Waals surface area contributed by atoms with Crippen LogP contribution in [0.2, 0.25) is 0 Å². The molecule has 0 heterocycles. The van der Waals surface area contributed by atoms with E-state index in [4.69, 9.17) is 0 Å². The highest BCUT2D eigenvalue weighted by Crippen LogP contribution is 2.59. The molecule has 0 aliphatic rings. The highest BCUT2D eigenvalue weighted by Gasteiger charge is 2.88. The summed E-state index contributed by atoms with van der Waals surface area (Å²) in [5.74, 6) is -31.3. The summed E-state index contributed by atoms with van der Waals surface area (Å²) in [7, 11) is 0. The first-order chi connectivity index (χ1) is 16.4. The molecule has 0 aromatic carbocycles. The van der Waals surface area contributed by atoms with Crippen molar-refractivity contribution in [2.75, 3.05) is 0 Å². The first kappa shape index (κ1) is 37.3. The minimum Gasteiger partial charge on any atom is -0.270 e. The van der Waals surface area contributed by atoms with E-state index in [0.29, 0.717) is 0 Å². The Morgan fingerprint density at radius 1 is 0.359 bits per heavy atom. The summed E-state index contributed by atoms with van der Waals surface area (Å²) < 4.78 is 302. The van der Waals surface area contributed by atoms with Crippen molar-refractivity contribution in [3.63, 3.8) is 0 Å². The van der Waals surface area contributed by atoms with Crippen molar-refractivity contribution < 1.29 is 115 Å². The molecule has 236 valence electrons. The van der Waals surface area contributed by atoms with Gasteiger partial charge in [-0.2, -0.15) is 96.6 Å². The standard InChI is InChI=1S/C13H5F23O3/c1-2-3(14,7(19,20)21)37-12(33,34)5(17,9(25,26)27)39-13(35,36)6(18,10(28,29)30)38-11(31,32)4(15,16)8(22,23)24/h2H2,1H3. The minimum atomic E-state index is -8.61. The third kappa shape index (κ3) is 6.29. The van der Waals surface area contributed by atoms with Crippen molar-refractivity contribution in [3.8, 4) is 0 Å². The van der Waals surface area contributed by atoms with E-state index in [1.165, 1.54) is 4.74 Å². The highest BCUT2D eigenvalue weighted by atomic mass is 19.4. The molecular weight excluding hydrogens is 641 g/mol. The van der Waals surface area contributed by atoms with E-state index >= 15 is 0 Å². The highest BCUT2D eigenvalue weighted by molar-refractivity contribution is 4.97. The van der Waals surface area contributed by atoms with Crippen LogP contribution in [-0.2, 0) is 14.2 Å². The van der Waals surface area contributed by atoms with E-state index in [0.717, 1.165) is 4.74 Å². The van der Waals surface area contributed by atoms with Crippen molar-refractivity contribution >= 4 is 0 Å². The van der Waals surface area contributed by atoms with Gasteiger partial charge in [-0.1, -0.05) is 6.92 Å². The van der Waals surface area contributed by atoms with Crippen LogP contribution in [0, 0.1) is 0 Å². The number of halogens is 23. The Morgan fingerprint density at radius 3 is 0.872 bits per heavy atom. The fraction of sp³-hybridized carbons (Fsp3) is 1.00. The van der Waals surface area contributed by atoms with Gasteiger partial charge in [0.1, 0.15) is 0 Å². The van der Waals surface area contributed by atoms with Crippen molar-refractivity contribution in [2.45, 2.75) is 79.9 Å². The van der Waals surface area contributed by atoms with Crippen LogP contribution >= 0.6 is 0 Å². The fourth-order valence-electron chi connectivity index (χ4n) is 1.81. The lowest BCUT2D eigenvalue weighted by molar-refractivity contribution is -0.579. The second-order valence-corrected chi connectivity index (χ2v) is 6.69. The Labute approximate surface area is 196 Å². The molecule has 0 fully saturated rings. The molecule has 0 saturated heterocycles. The molecule has 3 atom stereocenters. The van der Waals surface area contributed by atoms with E-state index in [2.05, 4.69) is 0 Å². The molecule has 0 rings (SSSR count). The van der Waals surface area contributed by atoms with Gasteiger partial charge in [0.2, 0.25) is 0 Å². The lowest BCUT2D eigenvalue weighted by Crippen LogP contribution is -2.70. The lowest BCUT2D eigenvalue weighted by Gasteiger charge is -2.42. The van der Waals surface area contributed by atoms with Crippen molar-refractivity contribution in [3.05, 3.63) is 0 Å². The zero-order chi connectivity index (χ0) is 32.3. The van der Waals surface area contributed by atoms with E-state index < -0.39 is 72.9 Å². The molecule has 0 aliphatic heterocycles. The SMILES string of the molecule is CCC(F)(OC(F)(F)C(F)(OC(F)(F)C(F)(OC(F)(F)C(F)(F)C(F)(F)F)C(F)(F)F)C(F)(F)F)C(F)(F)F. The summed E-state index contributed by atoms with van der Waals surface area (Å²) in [6.45, 7) is -0.209. The quantitative estimate of drug-likeness (QED) is 0.225. The first-order valence-corrected chi connectivity index (χ1v) is 8.38. The number of alkyl halides is 23. The summed E-state index contributed by atoms with van der Waals surface area (Å²) >= 11 is 0. The van der Waals surface area contributed by atoms with Gasteiger partial charge in [-0.3, -0.25) is 14.2 Å². The van der Waals surface area contributed by atoms with Gasteiger partial charge in [0.05, 0.1) is 0 Å². The van der Waals surface area contributed by atoms with Crippen molar-refractivity contribution in [2.24, 2.45) is 0 Å². The number of hydrogen-bond acceptors (Lipinski definition) is 3. The van der Waals surface area contributed by atoms with Crippen molar-refractivity contribution in [1.82, 2.24) is 0 Å². The third-order valence-corrected chi connectivity index (χ3v) is 3.91. The molecule has 0 saturated carbocycles. The van der Waals surface area contributed by atoms with Gasteiger partial charge in [-0.05, 0) is 0 Å². The minimum absolute atomic E-state index is 0.209. The molecule has 0 aliphatic carbocycles. The molecule has 0 aromatic heterocycles. The van der Waals surface area contributed by atoms with Gasteiger partial charge in [0.25, 0.3) is 0 Å². The third-order valence-electron chi connectivity index (χ3n) is 3.91. The molecule has 3 nitrogen and oxygen atoms in total. The van der Waals surface area contributed by atoms with Crippen LogP contribution in [0.15, 0.2) is 0 Å². The van der Waals surface area contributed by atoms with Gasteiger partial charge in [0, 0.05) is 6.42 Å². The zero-order valence-electron chi connectivity index (χ0n) is 17.1. The summed E-state index contributed by atoms with van der Waals surface area (Å²) in [4.78, 5) is 0. The number of ether oxygens (including phenoxy) is 3. The van der Waals surface area contributed by atoms with Crippen molar-refractivity contribution in [1.29, 1.82) is 0 Å². The summed E-state index contributed by atoms with van der Waals surface area (Å²) in [6.07, 6.45) is -58.8. The Kier molecular flexibility index (Phi) is 9.25. The van der Waals surface area contributed by atoms with Gasteiger partial charge in [0.15, 0.2) is 0 Å². The Balaban J connectivity index is 7.14. The Bertz CT molecular complexity index is 853. The molecule has 3 unspecified atom stereocenters. The largest absolute Gasteiger partial charge is 0.462 e. The number of hydrogen-bond donors (Lipinski definition) is 0. The van der Waals surface area contributed by atoms with Crippen LogP contribution in [0.5, 0.6) is 0 Å². The Morgan fingerprint density at radius 2 is 0.641 bits per heavy atom. The molecule has 26 heteroatoms. The summed E-state index contributed by atoms with van der Waals surface area (Å²) in [5.41, 5.74) is 0. The normalized spacial score (nSPS) is 20.3. The second-order valence-electron chi connectivity index (χ2n) is 6.69. The van der Waals surface area contributed by atoms with E-state index in [1.54, 1.807) is 0 Å². The van der Waals surface area contributed by atoms with Crippen LogP contribution < -0.4 is 0 Å².